The van der Waals surface area contributed by atoms with Gasteiger partial charge in [0.1, 0.15) is 5.75 Å². The Morgan fingerprint density at radius 2 is 2.11 bits per heavy atom. The van der Waals surface area contributed by atoms with Crippen LogP contribution < -0.4 is 10.1 Å². The van der Waals surface area contributed by atoms with Crippen LogP contribution in [0.4, 0.5) is 0 Å². The predicted molar refractivity (Wildman–Crippen MR) is 105 cm³/mol. The van der Waals surface area contributed by atoms with Gasteiger partial charge < -0.3 is 24.8 Å². The SMILES string of the molecule is CCNC(=NCC(O)c1ccc(OC)cc1)N1CCCC(C(=O)OCC)C1. The number of esters is 1. The number of nitrogens with one attached hydrogen (secondary N) is 1. The molecule has 0 bridgehead atoms. The quantitative estimate of drug-likeness (QED) is 0.429. The number of guanidine groups is 1. The van der Waals surface area contributed by atoms with E-state index in [1.54, 1.807) is 7.11 Å². The van der Waals surface area contributed by atoms with E-state index in [0.717, 1.165) is 43.2 Å². The maximum atomic E-state index is 12.1. The zero-order chi connectivity index (χ0) is 19.6. The van der Waals surface area contributed by atoms with Gasteiger partial charge in [0.2, 0.25) is 0 Å². The number of carbonyl (C=O) groups is 1. The molecule has 7 nitrogen and oxygen atoms in total. The van der Waals surface area contributed by atoms with Crippen LogP contribution in [-0.2, 0) is 9.53 Å². The van der Waals surface area contributed by atoms with E-state index in [4.69, 9.17) is 9.47 Å². The zero-order valence-corrected chi connectivity index (χ0v) is 16.5. The summed E-state index contributed by atoms with van der Waals surface area (Å²) in [4.78, 5) is 18.7. The van der Waals surface area contributed by atoms with E-state index in [2.05, 4.69) is 15.2 Å². The van der Waals surface area contributed by atoms with Gasteiger partial charge in [-0.1, -0.05) is 12.1 Å². The van der Waals surface area contributed by atoms with Crippen molar-refractivity contribution >= 4 is 11.9 Å². The summed E-state index contributed by atoms with van der Waals surface area (Å²) in [6, 6.07) is 7.32. The highest BCUT2D eigenvalue weighted by Gasteiger charge is 2.28. The van der Waals surface area contributed by atoms with Crippen molar-refractivity contribution in [2.75, 3.05) is 39.9 Å². The number of likely N-dealkylation sites (tertiary alicyclic amines) is 1. The topological polar surface area (TPSA) is 83.4 Å². The minimum Gasteiger partial charge on any atom is -0.497 e. The fourth-order valence-electron chi connectivity index (χ4n) is 3.15. The summed E-state index contributed by atoms with van der Waals surface area (Å²) < 4.78 is 10.3. The molecule has 1 aromatic rings. The molecule has 2 unspecified atom stereocenters. The lowest BCUT2D eigenvalue weighted by Crippen LogP contribution is -2.48. The molecule has 2 atom stereocenters. The van der Waals surface area contributed by atoms with E-state index in [0.29, 0.717) is 13.2 Å². The lowest BCUT2D eigenvalue weighted by molar-refractivity contribution is -0.149. The minimum absolute atomic E-state index is 0.130. The van der Waals surface area contributed by atoms with E-state index in [1.165, 1.54) is 0 Å². The highest BCUT2D eigenvalue weighted by Crippen LogP contribution is 2.20. The Balaban J connectivity index is 2.02. The number of aliphatic hydroxyl groups is 1. The Hall–Kier alpha value is -2.28. The third kappa shape index (κ3) is 6.13. The maximum absolute atomic E-state index is 12.1. The van der Waals surface area contributed by atoms with Gasteiger partial charge in [0.15, 0.2) is 5.96 Å². The van der Waals surface area contributed by atoms with Gasteiger partial charge in [0, 0.05) is 19.6 Å². The van der Waals surface area contributed by atoms with Crippen molar-refractivity contribution in [3.63, 3.8) is 0 Å². The molecule has 0 spiro atoms. The molecular formula is C20H31N3O4. The second-order valence-corrected chi connectivity index (χ2v) is 6.52. The minimum atomic E-state index is -0.699. The normalized spacial score (nSPS) is 18.7. The Labute approximate surface area is 161 Å². The fraction of sp³-hybridized carbons (Fsp3) is 0.600. The van der Waals surface area contributed by atoms with Crippen LogP contribution in [0.5, 0.6) is 5.75 Å². The van der Waals surface area contributed by atoms with Crippen LogP contribution in [0.25, 0.3) is 0 Å². The highest BCUT2D eigenvalue weighted by molar-refractivity contribution is 5.81. The van der Waals surface area contributed by atoms with Crippen LogP contribution in [0.1, 0.15) is 38.4 Å². The number of methoxy groups -OCH3 is 1. The van der Waals surface area contributed by atoms with Crippen LogP contribution in [0.2, 0.25) is 0 Å². The van der Waals surface area contributed by atoms with Crippen LogP contribution in [-0.4, -0.2) is 61.8 Å². The molecule has 2 N–H and O–H groups in total. The van der Waals surface area contributed by atoms with E-state index in [9.17, 15) is 9.90 Å². The van der Waals surface area contributed by atoms with Crippen molar-refractivity contribution in [1.82, 2.24) is 10.2 Å². The highest BCUT2D eigenvalue weighted by atomic mass is 16.5. The Morgan fingerprint density at radius 1 is 1.37 bits per heavy atom. The van der Waals surface area contributed by atoms with Crippen LogP contribution >= 0.6 is 0 Å². The number of aliphatic imine (C=N–C) groups is 1. The van der Waals surface area contributed by atoms with Gasteiger partial charge in [0.25, 0.3) is 0 Å². The third-order valence-electron chi connectivity index (χ3n) is 4.59. The average Bonchev–Trinajstić information content (AvgIpc) is 2.71. The molecule has 7 heteroatoms. The second kappa shape index (κ2) is 10.8. The van der Waals surface area contributed by atoms with E-state index in [-0.39, 0.29) is 18.4 Å². The second-order valence-electron chi connectivity index (χ2n) is 6.52. The van der Waals surface area contributed by atoms with Crippen molar-refractivity contribution in [2.45, 2.75) is 32.8 Å². The fourth-order valence-corrected chi connectivity index (χ4v) is 3.15. The zero-order valence-electron chi connectivity index (χ0n) is 16.5. The molecule has 0 radical (unpaired) electrons. The standard InChI is InChI=1S/C20H31N3O4/c1-4-21-20(23-12-6-7-16(14-23)19(25)27-5-2)22-13-18(24)15-8-10-17(26-3)11-9-15/h8-11,16,18,24H,4-7,12-14H2,1-3H3,(H,21,22). The number of hydrogen-bond acceptors (Lipinski definition) is 5. The summed E-state index contributed by atoms with van der Waals surface area (Å²) in [5, 5.41) is 13.7. The van der Waals surface area contributed by atoms with E-state index < -0.39 is 6.10 Å². The molecule has 1 aromatic carbocycles. The summed E-state index contributed by atoms with van der Waals surface area (Å²) in [6.07, 6.45) is 1.05. The predicted octanol–water partition coefficient (Wildman–Crippen LogP) is 1.97. The number of rotatable bonds is 7. The molecule has 150 valence electrons. The van der Waals surface area contributed by atoms with Gasteiger partial charge in [0.05, 0.1) is 32.3 Å². The maximum Gasteiger partial charge on any atom is 0.310 e. The molecule has 1 aliphatic rings. The number of carbonyl (C=O) groups excluding carboxylic acids is 1. The van der Waals surface area contributed by atoms with Crippen LogP contribution in [0.15, 0.2) is 29.3 Å². The number of hydrogen-bond donors (Lipinski definition) is 2. The van der Waals surface area contributed by atoms with Crippen LogP contribution in [0.3, 0.4) is 0 Å². The number of benzene rings is 1. The molecule has 1 heterocycles. The molecule has 1 saturated heterocycles. The van der Waals surface area contributed by atoms with Gasteiger partial charge in [-0.05, 0) is 44.4 Å². The Bertz CT molecular complexity index is 618. The average molecular weight is 377 g/mol. The number of nitrogens with zero attached hydrogens (tertiary/aromatic N) is 2. The van der Waals surface area contributed by atoms with Gasteiger partial charge in [-0.15, -0.1) is 0 Å². The Morgan fingerprint density at radius 3 is 2.74 bits per heavy atom. The van der Waals surface area contributed by atoms with Crippen molar-refractivity contribution in [2.24, 2.45) is 10.9 Å². The monoisotopic (exact) mass is 377 g/mol. The molecule has 27 heavy (non-hydrogen) atoms. The molecule has 2 rings (SSSR count). The first-order chi connectivity index (χ1) is 13.1. The lowest BCUT2D eigenvalue weighted by Gasteiger charge is -2.34. The van der Waals surface area contributed by atoms with E-state index in [1.807, 2.05) is 38.1 Å². The van der Waals surface area contributed by atoms with Crippen LogP contribution in [0, 0.1) is 5.92 Å². The number of piperidine rings is 1. The van der Waals surface area contributed by atoms with Crippen molar-refractivity contribution in [3.05, 3.63) is 29.8 Å². The van der Waals surface area contributed by atoms with Gasteiger partial charge >= 0.3 is 5.97 Å². The summed E-state index contributed by atoms with van der Waals surface area (Å²) in [7, 11) is 1.61. The lowest BCUT2D eigenvalue weighted by atomic mass is 9.98. The summed E-state index contributed by atoms with van der Waals surface area (Å²) in [6.45, 7) is 6.61. The number of ether oxygens (including phenoxy) is 2. The molecule has 0 aliphatic carbocycles. The first kappa shape index (κ1) is 21.0. The van der Waals surface area contributed by atoms with Gasteiger partial charge in [-0.2, -0.15) is 0 Å². The molecule has 1 fully saturated rings. The van der Waals surface area contributed by atoms with Gasteiger partial charge in [-0.3, -0.25) is 9.79 Å². The smallest absolute Gasteiger partial charge is 0.310 e. The molecule has 0 aromatic heterocycles. The van der Waals surface area contributed by atoms with E-state index >= 15 is 0 Å². The molecule has 0 amide bonds. The molecule has 0 saturated carbocycles. The van der Waals surface area contributed by atoms with Gasteiger partial charge in [-0.25, -0.2) is 0 Å². The number of aliphatic hydroxyl groups excluding tert-OH is 1. The summed E-state index contributed by atoms with van der Waals surface area (Å²) in [5.74, 6) is 1.20. The largest absolute Gasteiger partial charge is 0.497 e. The third-order valence-corrected chi connectivity index (χ3v) is 4.59. The first-order valence-electron chi connectivity index (χ1n) is 9.60. The summed E-state index contributed by atoms with van der Waals surface area (Å²) in [5.41, 5.74) is 0.790. The Kier molecular flexibility index (Phi) is 8.39. The first-order valence-corrected chi connectivity index (χ1v) is 9.60. The molecule has 1 aliphatic heterocycles. The van der Waals surface area contributed by atoms with Crippen molar-refractivity contribution in [1.29, 1.82) is 0 Å². The summed E-state index contributed by atoms with van der Waals surface area (Å²) >= 11 is 0. The molecular weight excluding hydrogens is 346 g/mol. The van der Waals surface area contributed by atoms with Crippen molar-refractivity contribution in [3.8, 4) is 5.75 Å². The van der Waals surface area contributed by atoms with Crippen molar-refractivity contribution < 1.29 is 19.4 Å².